The van der Waals surface area contributed by atoms with Gasteiger partial charge in [-0.3, -0.25) is 9.36 Å². The number of hydrogen-bond acceptors (Lipinski definition) is 6. The molecule has 0 amide bonds. The molecule has 0 saturated carbocycles. The molecular formula is C35H26Cl2N2O4S. The summed E-state index contributed by atoms with van der Waals surface area (Å²) in [6.07, 6.45) is 1.82. The summed E-state index contributed by atoms with van der Waals surface area (Å²) in [5.41, 5.74) is 3.81. The van der Waals surface area contributed by atoms with Crippen molar-refractivity contribution < 1.29 is 14.3 Å². The molecule has 0 aliphatic carbocycles. The Bertz CT molecular complexity index is 2020. The molecule has 6 nitrogen and oxygen atoms in total. The fourth-order valence-corrected chi connectivity index (χ4v) is 6.21. The van der Waals surface area contributed by atoms with Crippen molar-refractivity contribution in [3.8, 4) is 5.75 Å². The van der Waals surface area contributed by atoms with Gasteiger partial charge in [-0.25, -0.2) is 9.79 Å². The van der Waals surface area contributed by atoms with Gasteiger partial charge in [0.15, 0.2) is 4.80 Å². The first-order valence-corrected chi connectivity index (χ1v) is 15.5. The minimum Gasteiger partial charge on any atom is -0.489 e. The Kier molecular flexibility index (Phi) is 8.79. The molecule has 1 unspecified atom stereocenters. The lowest BCUT2D eigenvalue weighted by atomic mass is 9.93. The van der Waals surface area contributed by atoms with Crippen LogP contribution in [0.4, 0.5) is 0 Å². The van der Waals surface area contributed by atoms with Gasteiger partial charge in [0.2, 0.25) is 0 Å². The number of benzene rings is 4. The largest absolute Gasteiger partial charge is 0.489 e. The second kappa shape index (κ2) is 13.1. The zero-order valence-corrected chi connectivity index (χ0v) is 25.9. The van der Waals surface area contributed by atoms with E-state index in [-0.39, 0.29) is 12.2 Å². The van der Waals surface area contributed by atoms with E-state index in [0.29, 0.717) is 43.0 Å². The van der Waals surface area contributed by atoms with Gasteiger partial charge in [-0.05, 0) is 66.1 Å². The van der Waals surface area contributed by atoms with Crippen molar-refractivity contribution in [3.63, 3.8) is 0 Å². The number of nitrogens with zero attached hydrogens (tertiary/aromatic N) is 2. The molecule has 0 fully saturated rings. The summed E-state index contributed by atoms with van der Waals surface area (Å²) >= 11 is 13.5. The molecule has 0 saturated heterocycles. The topological polar surface area (TPSA) is 69.9 Å². The molecule has 0 spiro atoms. The molecule has 220 valence electrons. The van der Waals surface area contributed by atoms with E-state index in [4.69, 9.17) is 37.7 Å². The highest BCUT2D eigenvalue weighted by molar-refractivity contribution is 7.07. The monoisotopic (exact) mass is 640 g/mol. The summed E-state index contributed by atoms with van der Waals surface area (Å²) in [7, 11) is 0. The third-order valence-corrected chi connectivity index (χ3v) is 8.54. The lowest BCUT2D eigenvalue weighted by Gasteiger charge is -2.25. The summed E-state index contributed by atoms with van der Waals surface area (Å²) < 4.78 is 13.5. The molecule has 5 aromatic rings. The fourth-order valence-electron chi connectivity index (χ4n) is 4.96. The van der Waals surface area contributed by atoms with Crippen LogP contribution in [-0.4, -0.2) is 17.1 Å². The number of hydrogen-bond donors (Lipinski definition) is 0. The highest BCUT2D eigenvalue weighted by Gasteiger charge is 2.35. The third-order valence-electron chi connectivity index (χ3n) is 7.06. The Morgan fingerprint density at radius 3 is 2.23 bits per heavy atom. The molecule has 0 radical (unpaired) electrons. The van der Waals surface area contributed by atoms with E-state index in [2.05, 4.69) is 0 Å². The van der Waals surface area contributed by atoms with Gasteiger partial charge in [0.1, 0.15) is 12.4 Å². The predicted molar refractivity (Wildman–Crippen MR) is 175 cm³/mol. The minimum absolute atomic E-state index is 0.182. The quantitative estimate of drug-likeness (QED) is 0.175. The molecule has 2 heterocycles. The van der Waals surface area contributed by atoms with E-state index in [1.807, 2.05) is 97.1 Å². The number of carbonyl (C=O) groups excluding carboxylic acids is 1. The standard InChI is InChI=1S/C35H26Cl2N2O4S/c1-2-42-34(41)30-31(24-6-4-3-5-7-24)38-35-39(32(30)25-12-16-27(37)17-13-25)33(40)29(44-35)20-22-10-18-28(19-11-22)43-21-23-8-14-26(36)15-9-23/h3-20,32H,2,21H2,1H3/b29-20-. The number of thiazole rings is 1. The first-order chi connectivity index (χ1) is 21.4. The predicted octanol–water partition coefficient (Wildman–Crippen LogP) is 6.82. The zero-order valence-electron chi connectivity index (χ0n) is 23.6. The van der Waals surface area contributed by atoms with Crippen LogP contribution in [0, 0.1) is 0 Å². The maximum atomic E-state index is 14.0. The molecule has 9 heteroatoms. The van der Waals surface area contributed by atoms with Crippen LogP contribution in [0.15, 0.2) is 118 Å². The van der Waals surface area contributed by atoms with Crippen molar-refractivity contribution in [1.29, 1.82) is 0 Å². The van der Waals surface area contributed by atoms with Gasteiger partial charge in [-0.1, -0.05) is 101 Å². The summed E-state index contributed by atoms with van der Waals surface area (Å²) in [5.74, 6) is 0.173. The van der Waals surface area contributed by atoms with Crippen LogP contribution in [0.3, 0.4) is 0 Å². The molecule has 6 rings (SSSR count). The summed E-state index contributed by atoms with van der Waals surface area (Å²) in [6, 6.07) is 30.8. The molecule has 1 aromatic heterocycles. The highest BCUT2D eigenvalue weighted by atomic mass is 35.5. The Hall–Kier alpha value is -4.43. The number of fused-ring (bicyclic) bond motifs is 1. The van der Waals surface area contributed by atoms with E-state index in [0.717, 1.165) is 22.3 Å². The van der Waals surface area contributed by atoms with Gasteiger partial charge in [0, 0.05) is 15.6 Å². The number of carbonyl (C=O) groups is 1. The van der Waals surface area contributed by atoms with Crippen LogP contribution in [0.2, 0.25) is 10.0 Å². The van der Waals surface area contributed by atoms with Crippen molar-refractivity contribution in [1.82, 2.24) is 4.57 Å². The van der Waals surface area contributed by atoms with Gasteiger partial charge >= 0.3 is 5.97 Å². The molecule has 1 aliphatic rings. The number of aromatic nitrogens is 1. The molecule has 1 atom stereocenters. The van der Waals surface area contributed by atoms with Crippen LogP contribution in [0.5, 0.6) is 5.75 Å². The Morgan fingerprint density at radius 2 is 1.57 bits per heavy atom. The van der Waals surface area contributed by atoms with E-state index in [1.54, 1.807) is 23.6 Å². The van der Waals surface area contributed by atoms with Gasteiger partial charge in [0.25, 0.3) is 5.56 Å². The zero-order chi connectivity index (χ0) is 30.6. The summed E-state index contributed by atoms with van der Waals surface area (Å²) in [5, 5.41) is 1.22. The molecule has 4 aromatic carbocycles. The lowest BCUT2D eigenvalue weighted by molar-refractivity contribution is -0.138. The number of halogens is 2. The molecular weight excluding hydrogens is 615 g/mol. The van der Waals surface area contributed by atoms with Crippen LogP contribution >= 0.6 is 34.5 Å². The molecule has 1 aliphatic heterocycles. The second-order valence-electron chi connectivity index (χ2n) is 9.97. The summed E-state index contributed by atoms with van der Waals surface area (Å²) in [4.78, 5) is 32.9. The van der Waals surface area contributed by atoms with Gasteiger partial charge in [-0.2, -0.15) is 0 Å². The Morgan fingerprint density at radius 1 is 0.909 bits per heavy atom. The van der Waals surface area contributed by atoms with Gasteiger partial charge in [0.05, 0.1) is 28.5 Å². The van der Waals surface area contributed by atoms with Crippen molar-refractivity contribution in [2.45, 2.75) is 19.6 Å². The van der Waals surface area contributed by atoms with E-state index in [1.165, 1.54) is 11.3 Å². The summed E-state index contributed by atoms with van der Waals surface area (Å²) in [6.45, 7) is 2.34. The normalized spacial score (nSPS) is 14.6. The number of rotatable bonds is 8. The van der Waals surface area contributed by atoms with Crippen molar-refractivity contribution in [3.05, 3.63) is 161 Å². The van der Waals surface area contributed by atoms with Crippen molar-refractivity contribution >= 4 is 52.3 Å². The molecule has 44 heavy (non-hydrogen) atoms. The average molecular weight is 642 g/mol. The fraction of sp³-hybridized carbons (Fsp3) is 0.114. The highest BCUT2D eigenvalue weighted by Crippen LogP contribution is 2.35. The van der Waals surface area contributed by atoms with Crippen LogP contribution in [0.1, 0.15) is 35.2 Å². The number of ether oxygens (including phenoxy) is 2. The smallest absolute Gasteiger partial charge is 0.338 e. The maximum Gasteiger partial charge on any atom is 0.338 e. The van der Waals surface area contributed by atoms with E-state index in [9.17, 15) is 9.59 Å². The van der Waals surface area contributed by atoms with E-state index < -0.39 is 12.0 Å². The second-order valence-corrected chi connectivity index (χ2v) is 11.8. The van der Waals surface area contributed by atoms with E-state index >= 15 is 0 Å². The molecule has 0 N–H and O–H groups in total. The minimum atomic E-state index is -0.761. The maximum absolute atomic E-state index is 14.0. The van der Waals surface area contributed by atoms with Gasteiger partial charge in [-0.15, -0.1) is 0 Å². The Labute approximate surface area is 267 Å². The van der Waals surface area contributed by atoms with Crippen LogP contribution in [-0.2, 0) is 16.1 Å². The third kappa shape index (κ3) is 6.26. The van der Waals surface area contributed by atoms with Gasteiger partial charge < -0.3 is 9.47 Å². The number of esters is 1. The first-order valence-electron chi connectivity index (χ1n) is 13.9. The van der Waals surface area contributed by atoms with Crippen molar-refractivity contribution in [2.24, 2.45) is 4.99 Å². The van der Waals surface area contributed by atoms with Crippen molar-refractivity contribution in [2.75, 3.05) is 6.61 Å². The average Bonchev–Trinajstić information content (AvgIpc) is 3.35. The SMILES string of the molecule is CCOC(=O)C1=C(c2ccccc2)N=c2s/c(=C\c3ccc(OCc4ccc(Cl)cc4)cc3)c(=O)n2C1c1ccc(Cl)cc1. The first kappa shape index (κ1) is 29.6. The Balaban J connectivity index is 1.42. The van der Waals surface area contributed by atoms with Crippen LogP contribution < -0.4 is 19.6 Å². The lowest BCUT2D eigenvalue weighted by Crippen LogP contribution is -2.40. The molecule has 0 bridgehead atoms. The van der Waals surface area contributed by atoms with Crippen LogP contribution in [0.25, 0.3) is 11.8 Å².